The average Bonchev–Trinajstić information content (AvgIpc) is 2.48. The van der Waals surface area contributed by atoms with E-state index in [1.165, 1.54) is 22.8 Å². The molecule has 4 N–H and O–H groups in total. The Kier molecular flexibility index (Phi) is 5.88. The van der Waals surface area contributed by atoms with Crippen LogP contribution in [0.5, 0.6) is 0 Å². The van der Waals surface area contributed by atoms with Gasteiger partial charge in [-0.15, -0.1) is 0 Å². The number of oxime groups is 1. The molecule has 1 aromatic carbocycles. The lowest BCUT2D eigenvalue weighted by molar-refractivity contribution is 0.318. The van der Waals surface area contributed by atoms with E-state index in [1.807, 2.05) is 36.0 Å². The van der Waals surface area contributed by atoms with Gasteiger partial charge >= 0.3 is 0 Å². The molecule has 0 radical (unpaired) electrons. The number of nitrogens with one attached hydrogen (secondary N) is 1. The van der Waals surface area contributed by atoms with Gasteiger partial charge in [-0.3, -0.25) is 0 Å². The van der Waals surface area contributed by atoms with Crippen LogP contribution in [0.2, 0.25) is 0 Å². The number of thioether (sulfide) groups is 2. The normalized spacial score (nSPS) is 20.4. The minimum atomic E-state index is 0.148. The van der Waals surface area contributed by atoms with Gasteiger partial charge in [0, 0.05) is 41.2 Å². The zero-order valence-electron chi connectivity index (χ0n) is 10.7. The number of hydrogen-bond acceptors (Lipinski definition) is 5. The summed E-state index contributed by atoms with van der Waals surface area (Å²) in [4.78, 5) is 0. The molecule has 1 fully saturated rings. The highest BCUT2D eigenvalue weighted by Gasteiger charge is 2.13. The summed E-state index contributed by atoms with van der Waals surface area (Å²) in [6.45, 7) is 1.91. The third-order valence-electron chi connectivity index (χ3n) is 2.94. The molecule has 0 amide bonds. The molecule has 0 aliphatic carbocycles. The summed E-state index contributed by atoms with van der Waals surface area (Å²) in [5.41, 5.74) is 7.47. The first-order chi connectivity index (χ1) is 9.29. The van der Waals surface area contributed by atoms with Gasteiger partial charge in [0.2, 0.25) is 0 Å². The Morgan fingerprint density at radius 3 is 2.79 bits per heavy atom. The number of hydrogen-bond donors (Lipinski definition) is 3. The van der Waals surface area contributed by atoms with Crippen LogP contribution in [-0.2, 0) is 6.54 Å². The highest BCUT2D eigenvalue weighted by Crippen LogP contribution is 2.23. The number of benzene rings is 1. The van der Waals surface area contributed by atoms with Gasteiger partial charge in [0.1, 0.15) is 0 Å². The van der Waals surface area contributed by atoms with Gasteiger partial charge in [-0.1, -0.05) is 29.4 Å². The van der Waals surface area contributed by atoms with Gasteiger partial charge in [0.05, 0.1) is 0 Å². The molecule has 0 spiro atoms. The minimum Gasteiger partial charge on any atom is -0.409 e. The van der Waals surface area contributed by atoms with Gasteiger partial charge < -0.3 is 16.3 Å². The molecule has 0 aromatic heterocycles. The van der Waals surface area contributed by atoms with Gasteiger partial charge in [0.15, 0.2) is 5.84 Å². The molecule has 1 saturated heterocycles. The second kappa shape index (κ2) is 7.67. The Balaban J connectivity index is 1.76. The van der Waals surface area contributed by atoms with E-state index in [4.69, 9.17) is 10.9 Å². The molecule has 1 unspecified atom stereocenters. The molecule has 1 heterocycles. The molecule has 19 heavy (non-hydrogen) atoms. The molecule has 2 rings (SSSR count). The van der Waals surface area contributed by atoms with E-state index in [2.05, 4.69) is 22.2 Å². The summed E-state index contributed by atoms with van der Waals surface area (Å²) < 4.78 is 0. The predicted molar refractivity (Wildman–Crippen MR) is 84.2 cm³/mol. The van der Waals surface area contributed by atoms with Crippen LogP contribution in [0.15, 0.2) is 29.4 Å². The third kappa shape index (κ3) is 4.63. The van der Waals surface area contributed by atoms with Crippen molar-refractivity contribution in [2.75, 3.05) is 23.8 Å². The van der Waals surface area contributed by atoms with Crippen LogP contribution in [0.3, 0.4) is 0 Å². The topological polar surface area (TPSA) is 70.6 Å². The monoisotopic (exact) mass is 297 g/mol. The number of rotatable bonds is 5. The van der Waals surface area contributed by atoms with E-state index in [1.54, 1.807) is 0 Å². The van der Waals surface area contributed by atoms with Crippen molar-refractivity contribution in [3.63, 3.8) is 0 Å². The van der Waals surface area contributed by atoms with Crippen LogP contribution in [0, 0.1) is 0 Å². The van der Waals surface area contributed by atoms with Crippen molar-refractivity contribution < 1.29 is 5.21 Å². The van der Waals surface area contributed by atoms with Crippen molar-refractivity contribution in [1.29, 1.82) is 0 Å². The van der Waals surface area contributed by atoms with E-state index >= 15 is 0 Å². The Morgan fingerprint density at radius 1 is 1.37 bits per heavy atom. The van der Waals surface area contributed by atoms with Crippen LogP contribution in [0.25, 0.3) is 0 Å². The fraction of sp³-hybridized carbons (Fsp3) is 0.462. The van der Waals surface area contributed by atoms with E-state index in [9.17, 15) is 0 Å². The first-order valence-corrected chi connectivity index (χ1v) is 8.47. The van der Waals surface area contributed by atoms with Crippen LogP contribution >= 0.6 is 23.5 Å². The first kappa shape index (κ1) is 14.6. The molecule has 1 aliphatic rings. The van der Waals surface area contributed by atoms with Crippen LogP contribution in [0.1, 0.15) is 11.1 Å². The maximum atomic E-state index is 8.59. The summed E-state index contributed by atoms with van der Waals surface area (Å²) >= 11 is 4.11. The zero-order chi connectivity index (χ0) is 13.5. The van der Waals surface area contributed by atoms with Crippen molar-refractivity contribution >= 4 is 29.4 Å². The summed E-state index contributed by atoms with van der Waals surface area (Å²) in [6.07, 6.45) is 0. The van der Waals surface area contributed by atoms with Crippen LogP contribution < -0.4 is 11.1 Å². The third-order valence-corrected chi connectivity index (χ3v) is 5.79. The smallest absolute Gasteiger partial charge is 0.170 e. The maximum absolute atomic E-state index is 8.59. The maximum Gasteiger partial charge on any atom is 0.170 e. The molecule has 1 aliphatic heterocycles. The molecule has 104 valence electrons. The lowest BCUT2D eigenvalue weighted by atomic mass is 10.1. The standard InChI is InChI=1S/C13H19N3OS2/c14-13(16-17)11-3-1-10(2-4-11)7-15-8-12-9-18-5-6-19-12/h1-4,12,15,17H,5-9H2,(H2,14,16). The highest BCUT2D eigenvalue weighted by molar-refractivity contribution is 8.06. The average molecular weight is 297 g/mol. The van der Waals surface area contributed by atoms with Gasteiger partial charge in [-0.05, 0) is 5.56 Å². The quantitative estimate of drug-likeness (QED) is 0.334. The van der Waals surface area contributed by atoms with Crippen LogP contribution in [0.4, 0.5) is 0 Å². The zero-order valence-corrected chi connectivity index (χ0v) is 12.3. The van der Waals surface area contributed by atoms with Gasteiger partial charge in [-0.2, -0.15) is 23.5 Å². The Bertz CT molecular complexity index is 416. The first-order valence-electron chi connectivity index (χ1n) is 6.26. The molecule has 1 aromatic rings. The Labute approximate surface area is 122 Å². The van der Waals surface area contributed by atoms with E-state index in [0.29, 0.717) is 0 Å². The molecular formula is C13H19N3OS2. The van der Waals surface area contributed by atoms with Gasteiger partial charge in [-0.25, -0.2) is 0 Å². The largest absolute Gasteiger partial charge is 0.409 e. The molecule has 0 saturated carbocycles. The lowest BCUT2D eigenvalue weighted by Gasteiger charge is -2.21. The molecule has 1 atom stereocenters. The Morgan fingerprint density at radius 2 is 2.16 bits per heavy atom. The fourth-order valence-corrected chi connectivity index (χ4v) is 4.53. The van der Waals surface area contributed by atoms with E-state index in [-0.39, 0.29) is 5.84 Å². The van der Waals surface area contributed by atoms with Crippen molar-refractivity contribution in [2.24, 2.45) is 10.9 Å². The number of amidine groups is 1. The number of nitrogens with two attached hydrogens (primary N) is 1. The van der Waals surface area contributed by atoms with Crippen LogP contribution in [-0.4, -0.2) is 40.1 Å². The van der Waals surface area contributed by atoms with E-state index < -0.39 is 0 Å². The highest BCUT2D eigenvalue weighted by atomic mass is 32.2. The fourth-order valence-electron chi connectivity index (χ4n) is 1.88. The second-order valence-electron chi connectivity index (χ2n) is 4.38. The second-order valence-corrected chi connectivity index (χ2v) is 6.94. The molecule has 4 nitrogen and oxygen atoms in total. The van der Waals surface area contributed by atoms with Crippen molar-refractivity contribution in [3.8, 4) is 0 Å². The SMILES string of the molecule is N/C(=N/O)c1ccc(CNCC2CSCCS2)cc1. The summed E-state index contributed by atoms with van der Waals surface area (Å²) in [5, 5.41) is 15.8. The van der Waals surface area contributed by atoms with E-state index in [0.717, 1.165) is 23.9 Å². The van der Waals surface area contributed by atoms with Crippen molar-refractivity contribution in [1.82, 2.24) is 5.32 Å². The summed E-state index contributed by atoms with van der Waals surface area (Å²) in [7, 11) is 0. The van der Waals surface area contributed by atoms with Crippen molar-refractivity contribution in [3.05, 3.63) is 35.4 Å². The molecule has 6 heteroatoms. The Hall–Kier alpha value is -0.850. The van der Waals surface area contributed by atoms with Gasteiger partial charge in [0.25, 0.3) is 0 Å². The molecule has 0 bridgehead atoms. The lowest BCUT2D eigenvalue weighted by Crippen LogP contribution is -2.28. The van der Waals surface area contributed by atoms with Crippen molar-refractivity contribution in [2.45, 2.75) is 11.8 Å². The minimum absolute atomic E-state index is 0.148. The number of nitrogens with zero attached hydrogens (tertiary/aromatic N) is 1. The molecular weight excluding hydrogens is 278 g/mol. The summed E-state index contributed by atoms with van der Waals surface area (Å²) in [5.74, 6) is 3.96. The predicted octanol–water partition coefficient (Wildman–Crippen LogP) is 1.72. The summed E-state index contributed by atoms with van der Waals surface area (Å²) in [6, 6.07) is 7.75.